The fourth-order valence-electron chi connectivity index (χ4n) is 1.65. The van der Waals surface area contributed by atoms with E-state index in [0.717, 1.165) is 6.07 Å². The van der Waals surface area contributed by atoms with Gasteiger partial charge in [0.25, 0.3) is 0 Å². The average Bonchev–Trinajstić information content (AvgIpc) is 2.36. The maximum Gasteiger partial charge on any atom is 0.337 e. The quantitative estimate of drug-likeness (QED) is 0.744. The van der Waals surface area contributed by atoms with Gasteiger partial charge in [0.1, 0.15) is 5.82 Å². The lowest BCUT2D eigenvalue weighted by atomic mass is 10.1. The van der Waals surface area contributed by atoms with E-state index in [1.165, 1.54) is 24.3 Å². The number of halogens is 3. The summed E-state index contributed by atoms with van der Waals surface area (Å²) in [4.78, 5) is 11.2. The van der Waals surface area contributed by atoms with Gasteiger partial charge in [-0.1, -0.05) is 23.2 Å². The van der Waals surface area contributed by atoms with Gasteiger partial charge in [0.05, 0.1) is 22.0 Å². The third-order valence-corrected chi connectivity index (χ3v) is 3.06. The molecule has 20 heavy (non-hydrogen) atoms. The number of nitrogens with one attached hydrogen (secondary N) is 1. The van der Waals surface area contributed by atoms with Crippen molar-refractivity contribution < 1.29 is 14.3 Å². The molecule has 0 fully saturated rings. The van der Waals surface area contributed by atoms with Crippen LogP contribution in [-0.4, -0.2) is 11.1 Å². The zero-order chi connectivity index (χ0) is 14.9. The van der Waals surface area contributed by atoms with Crippen LogP contribution in [0.5, 0.6) is 0 Å². The predicted molar refractivity (Wildman–Crippen MR) is 77.5 cm³/mol. The van der Waals surface area contributed by atoms with Gasteiger partial charge in [-0.25, -0.2) is 9.18 Å². The first kappa shape index (κ1) is 14.4. The Bertz CT molecular complexity index is 692. The second-order valence-corrected chi connectivity index (χ2v) is 4.82. The molecule has 0 aliphatic rings. The third-order valence-electron chi connectivity index (χ3n) is 2.53. The molecule has 0 atom stereocenters. The van der Waals surface area contributed by atoms with Crippen molar-refractivity contribution in [2.75, 3.05) is 11.1 Å². The van der Waals surface area contributed by atoms with E-state index in [1.54, 1.807) is 0 Å². The van der Waals surface area contributed by atoms with Crippen molar-refractivity contribution >= 4 is 46.2 Å². The number of carboxylic acid groups (broad SMARTS) is 1. The highest BCUT2D eigenvalue weighted by atomic mass is 35.5. The molecule has 0 bridgehead atoms. The number of nitrogen functional groups attached to an aromatic ring is 1. The van der Waals surface area contributed by atoms with Crippen LogP contribution in [0.2, 0.25) is 10.0 Å². The number of hydrogen-bond donors (Lipinski definition) is 3. The van der Waals surface area contributed by atoms with Crippen molar-refractivity contribution in [2.45, 2.75) is 0 Å². The molecule has 0 heterocycles. The predicted octanol–water partition coefficient (Wildman–Crippen LogP) is 4.16. The molecular formula is C13H9Cl2FN2O2. The van der Waals surface area contributed by atoms with Gasteiger partial charge in [-0.15, -0.1) is 0 Å². The number of carboxylic acids is 1. The van der Waals surface area contributed by atoms with E-state index in [4.69, 9.17) is 34.0 Å². The Balaban J connectivity index is 2.53. The highest BCUT2D eigenvalue weighted by Crippen LogP contribution is 2.33. The average molecular weight is 315 g/mol. The van der Waals surface area contributed by atoms with Gasteiger partial charge in [-0.05, 0) is 30.3 Å². The second-order valence-electron chi connectivity index (χ2n) is 3.98. The summed E-state index contributed by atoms with van der Waals surface area (Å²) in [5.74, 6) is -1.82. The molecule has 0 saturated heterocycles. The Hall–Kier alpha value is -1.98. The normalized spacial score (nSPS) is 10.3. The van der Waals surface area contributed by atoms with Gasteiger partial charge in [0, 0.05) is 10.7 Å². The first-order valence-corrected chi connectivity index (χ1v) is 6.18. The molecule has 0 amide bonds. The van der Waals surface area contributed by atoms with E-state index in [9.17, 15) is 9.18 Å². The number of benzene rings is 2. The summed E-state index contributed by atoms with van der Waals surface area (Å²) < 4.78 is 13.7. The lowest BCUT2D eigenvalue weighted by Crippen LogP contribution is -2.05. The van der Waals surface area contributed by atoms with Gasteiger partial charge < -0.3 is 16.2 Å². The Morgan fingerprint density at radius 3 is 2.60 bits per heavy atom. The van der Waals surface area contributed by atoms with Gasteiger partial charge in [-0.3, -0.25) is 0 Å². The summed E-state index contributed by atoms with van der Waals surface area (Å²) in [6.45, 7) is 0. The van der Waals surface area contributed by atoms with Crippen LogP contribution in [0, 0.1) is 5.82 Å². The molecule has 2 rings (SSSR count). The van der Waals surface area contributed by atoms with Crippen LogP contribution >= 0.6 is 23.2 Å². The molecule has 2 aromatic rings. The number of carbonyl (C=O) groups is 1. The summed E-state index contributed by atoms with van der Waals surface area (Å²) in [7, 11) is 0. The van der Waals surface area contributed by atoms with Gasteiger partial charge in [0.15, 0.2) is 0 Å². The maximum atomic E-state index is 13.7. The molecule has 0 unspecified atom stereocenters. The van der Waals surface area contributed by atoms with Gasteiger partial charge in [-0.2, -0.15) is 0 Å². The summed E-state index contributed by atoms with van der Waals surface area (Å²) in [6, 6.07) is 6.48. The minimum Gasteiger partial charge on any atom is -0.478 e. The molecule has 0 radical (unpaired) electrons. The van der Waals surface area contributed by atoms with E-state index >= 15 is 0 Å². The molecule has 0 spiro atoms. The lowest BCUT2D eigenvalue weighted by molar-refractivity contribution is 0.0698. The van der Waals surface area contributed by atoms with Crippen molar-refractivity contribution in [3.63, 3.8) is 0 Å². The number of anilines is 3. The molecule has 7 heteroatoms. The molecule has 0 aromatic heterocycles. The minimum atomic E-state index is -1.23. The van der Waals surface area contributed by atoms with Crippen LogP contribution < -0.4 is 11.1 Å². The first-order valence-electron chi connectivity index (χ1n) is 5.43. The fourth-order valence-corrected chi connectivity index (χ4v) is 2.10. The van der Waals surface area contributed by atoms with Crippen LogP contribution in [-0.2, 0) is 0 Å². The number of aromatic carboxylic acids is 1. The van der Waals surface area contributed by atoms with Crippen LogP contribution in [0.15, 0.2) is 30.3 Å². The lowest BCUT2D eigenvalue weighted by Gasteiger charge is -2.13. The van der Waals surface area contributed by atoms with Crippen molar-refractivity contribution in [3.05, 3.63) is 51.8 Å². The van der Waals surface area contributed by atoms with Crippen molar-refractivity contribution in [2.24, 2.45) is 0 Å². The summed E-state index contributed by atoms with van der Waals surface area (Å²) in [5, 5.41) is 12.1. The van der Waals surface area contributed by atoms with Crippen molar-refractivity contribution in [1.29, 1.82) is 0 Å². The molecule has 2 aromatic carbocycles. The maximum absolute atomic E-state index is 13.7. The van der Waals surface area contributed by atoms with E-state index in [-0.39, 0.29) is 27.6 Å². The standard InChI is InChI=1S/C13H9Cl2FN2O2/c14-6-1-2-10(16)11(3-6)18-12-8(13(19)20)4-7(17)5-9(12)15/h1-5,18H,17H2,(H,19,20). The zero-order valence-corrected chi connectivity index (χ0v) is 11.5. The SMILES string of the molecule is Nc1cc(Cl)c(Nc2cc(Cl)ccc2F)c(C(=O)O)c1. The van der Waals surface area contributed by atoms with E-state index in [0.29, 0.717) is 5.02 Å². The number of hydrogen-bond acceptors (Lipinski definition) is 3. The van der Waals surface area contributed by atoms with Gasteiger partial charge in [0.2, 0.25) is 0 Å². The van der Waals surface area contributed by atoms with Crippen LogP contribution in [0.4, 0.5) is 21.5 Å². The highest BCUT2D eigenvalue weighted by molar-refractivity contribution is 6.34. The Morgan fingerprint density at radius 1 is 1.25 bits per heavy atom. The summed E-state index contributed by atoms with van der Waals surface area (Å²) >= 11 is 11.7. The number of nitrogens with two attached hydrogens (primary N) is 1. The molecule has 0 aliphatic carbocycles. The highest BCUT2D eigenvalue weighted by Gasteiger charge is 2.16. The second kappa shape index (κ2) is 5.56. The first-order chi connectivity index (χ1) is 9.38. The van der Waals surface area contributed by atoms with E-state index in [2.05, 4.69) is 5.32 Å². The molecule has 4 N–H and O–H groups in total. The number of rotatable bonds is 3. The van der Waals surface area contributed by atoms with Gasteiger partial charge >= 0.3 is 5.97 Å². The van der Waals surface area contributed by atoms with Crippen molar-refractivity contribution in [3.8, 4) is 0 Å². The topological polar surface area (TPSA) is 75.3 Å². The van der Waals surface area contributed by atoms with E-state index in [1.807, 2.05) is 0 Å². The molecule has 0 saturated carbocycles. The van der Waals surface area contributed by atoms with E-state index < -0.39 is 11.8 Å². The molecular weight excluding hydrogens is 306 g/mol. The summed E-state index contributed by atoms with van der Waals surface area (Å²) in [5.41, 5.74) is 5.65. The van der Waals surface area contributed by atoms with Crippen molar-refractivity contribution in [1.82, 2.24) is 0 Å². The Morgan fingerprint density at radius 2 is 1.95 bits per heavy atom. The van der Waals surface area contributed by atoms with Crippen LogP contribution in [0.1, 0.15) is 10.4 Å². The molecule has 104 valence electrons. The largest absolute Gasteiger partial charge is 0.478 e. The minimum absolute atomic E-state index is 0.0201. The monoisotopic (exact) mass is 314 g/mol. The fraction of sp³-hybridized carbons (Fsp3) is 0. The Labute approximate surface area is 123 Å². The van der Waals surface area contributed by atoms with Crippen LogP contribution in [0.3, 0.4) is 0 Å². The summed E-state index contributed by atoms with van der Waals surface area (Å²) in [6.07, 6.45) is 0. The Kier molecular flexibility index (Phi) is 4.01. The smallest absolute Gasteiger partial charge is 0.337 e. The molecule has 0 aliphatic heterocycles. The third kappa shape index (κ3) is 2.95. The molecule has 4 nitrogen and oxygen atoms in total. The van der Waals surface area contributed by atoms with Crippen LogP contribution in [0.25, 0.3) is 0 Å². The zero-order valence-electron chi connectivity index (χ0n) is 9.95.